The van der Waals surface area contributed by atoms with E-state index >= 15 is 0 Å². The number of carbonyl (C=O) groups is 1. The fraction of sp³-hybridized carbons (Fsp3) is 0.889. The maximum atomic E-state index is 11.7. The molecule has 14 heavy (non-hydrogen) atoms. The van der Waals surface area contributed by atoms with Crippen molar-refractivity contribution in [3.05, 3.63) is 0 Å². The first-order valence-electron chi connectivity index (χ1n) is 4.85. The quantitative estimate of drug-likeness (QED) is 0.457. The van der Waals surface area contributed by atoms with Crippen LogP contribution in [-0.2, 0) is 4.79 Å². The molecule has 0 aliphatic carbocycles. The van der Waals surface area contributed by atoms with E-state index in [1.54, 1.807) is 11.8 Å². The van der Waals surface area contributed by atoms with Crippen molar-refractivity contribution in [1.29, 1.82) is 0 Å². The number of aliphatic hydroxyl groups excluding tert-OH is 1. The number of carbonyl (C=O) groups excluding carboxylic acids is 1. The Bertz CT molecular complexity index is 210. The summed E-state index contributed by atoms with van der Waals surface area (Å²) in [5.41, 5.74) is 0. The van der Waals surface area contributed by atoms with E-state index in [4.69, 9.17) is 10.2 Å². The molecule has 0 aromatic carbocycles. The molecule has 1 heterocycles. The predicted molar refractivity (Wildman–Crippen MR) is 56.0 cm³/mol. The molecule has 1 aliphatic heterocycles. The van der Waals surface area contributed by atoms with Gasteiger partial charge in [0.15, 0.2) is 6.29 Å². The Morgan fingerprint density at radius 2 is 2.29 bits per heavy atom. The minimum atomic E-state index is -1.42. The molecular weight excluding hydrogens is 202 g/mol. The van der Waals surface area contributed by atoms with Crippen LogP contribution in [-0.4, -0.2) is 45.6 Å². The molecule has 0 bridgehead atoms. The van der Waals surface area contributed by atoms with Gasteiger partial charge < -0.3 is 15.1 Å². The molecule has 0 unspecified atom stereocenters. The Hall–Kier alpha value is -0.260. The maximum Gasteiger partial charge on any atom is 0.226 e. The zero-order chi connectivity index (χ0) is 10.7. The van der Waals surface area contributed by atoms with Crippen LogP contribution in [0.2, 0.25) is 0 Å². The number of thiol groups is 1. The zero-order valence-corrected chi connectivity index (χ0v) is 9.15. The third-order valence-electron chi connectivity index (χ3n) is 2.62. The fourth-order valence-corrected chi connectivity index (χ4v) is 1.89. The Kier molecular flexibility index (Phi) is 4.22. The molecule has 1 amide bonds. The van der Waals surface area contributed by atoms with Gasteiger partial charge in [0.1, 0.15) is 0 Å². The smallest absolute Gasteiger partial charge is 0.226 e. The Balaban J connectivity index is 2.62. The molecule has 2 N–H and O–H groups in total. The number of rotatable bonds is 3. The van der Waals surface area contributed by atoms with E-state index in [0.29, 0.717) is 18.7 Å². The van der Waals surface area contributed by atoms with Crippen molar-refractivity contribution in [3.8, 4) is 0 Å². The summed E-state index contributed by atoms with van der Waals surface area (Å²) in [5, 5.41) is 18.1. The Morgan fingerprint density at radius 1 is 1.64 bits per heavy atom. The minimum Gasteiger partial charge on any atom is -0.366 e. The number of amides is 1. The summed E-state index contributed by atoms with van der Waals surface area (Å²) in [6, 6.07) is -0.426. The topological polar surface area (TPSA) is 60.8 Å². The number of aliphatic hydroxyl groups is 2. The van der Waals surface area contributed by atoms with Gasteiger partial charge in [-0.1, -0.05) is 6.92 Å². The van der Waals surface area contributed by atoms with Crippen LogP contribution < -0.4 is 0 Å². The first kappa shape index (κ1) is 11.8. The molecule has 0 aromatic heterocycles. The van der Waals surface area contributed by atoms with Gasteiger partial charge in [0.2, 0.25) is 5.91 Å². The van der Waals surface area contributed by atoms with Gasteiger partial charge in [0.25, 0.3) is 0 Å². The van der Waals surface area contributed by atoms with E-state index in [9.17, 15) is 4.79 Å². The SMILES string of the molecule is C[C@H](CS)C(=O)N1CCC[C@H]1C(O)O. The highest BCUT2D eigenvalue weighted by molar-refractivity contribution is 7.80. The lowest BCUT2D eigenvalue weighted by molar-refractivity contribution is -0.146. The van der Waals surface area contributed by atoms with E-state index in [1.807, 2.05) is 0 Å². The van der Waals surface area contributed by atoms with Gasteiger partial charge in [-0.05, 0) is 12.8 Å². The first-order chi connectivity index (χ1) is 6.57. The van der Waals surface area contributed by atoms with Crippen molar-refractivity contribution >= 4 is 18.5 Å². The average molecular weight is 219 g/mol. The standard InChI is InChI=1S/C9H17NO3S/c1-6(5-14)8(11)10-4-2-3-7(10)9(12)13/h6-7,9,12-14H,2-5H2,1H3/t6-,7+/m1/s1. The summed E-state index contributed by atoms with van der Waals surface area (Å²) >= 11 is 4.06. The second-order valence-corrected chi connectivity index (χ2v) is 4.10. The summed E-state index contributed by atoms with van der Waals surface area (Å²) in [7, 11) is 0. The van der Waals surface area contributed by atoms with Crippen LogP contribution in [0.3, 0.4) is 0 Å². The minimum absolute atomic E-state index is 0.0319. The van der Waals surface area contributed by atoms with Crippen LogP contribution in [0.15, 0.2) is 0 Å². The summed E-state index contributed by atoms with van der Waals surface area (Å²) in [5.74, 6) is 0.303. The lowest BCUT2D eigenvalue weighted by Crippen LogP contribution is -2.45. The lowest BCUT2D eigenvalue weighted by atomic mass is 10.1. The van der Waals surface area contributed by atoms with E-state index in [1.165, 1.54) is 0 Å². The highest BCUT2D eigenvalue weighted by Crippen LogP contribution is 2.21. The molecule has 2 atom stereocenters. The monoisotopic (exact) mass is 219 g/mol. The molecule has 1 rings (SSSR count). The van der Waals surface area contributed by atoms with Gasteiger partial charge in [0, 0.05) is 18.2 Å². The van der Waals surface area contributed by atoms with Gasteiger partial charge in [-0.15, -0.1) is 0 Å². The maximum absolute atomic E-state index is 11.7. The molecular formula is C9H17NO3S. The third-order valence-corrected chi connectivity index (χ3v) is 3.17. The van der Waals surface area contributed by atoms with E-state index in [0.717, 1.165) is 6.42 Å². The van der Waals surface area contributed by atoms with Crippen LogP contribution in [0.25, 0.3) is 0 Å². The normalized spacial score (nSPS) is 24.4. The van der Waals surface area contributed by atoms with E-state index < -0.39 is 12.3 Å². The lowest BCUT2D eigenvalue weighted by Gasteiger charge is -2.28. The van der Waals surface area contributed by atoms with Crippen molar-refractivity contribution in [3.63, 3.8) is 0 Å². The highest BCUT2D eigenvalue weighted by atomic mass is 32.1. The van der Waals surface area contributed by atoms with Crippen LogP contribution in [0.4, 0.5) is 0 Å². The van der Waals surface area contributed by atoms with Crippen molar-refractivity contribution in [1.82, 2.24) is 4.90 Å². The van der Waals surface area contributed by atoms with Gasteiger partial charge in [-0.2, -0.15) is 12.6 Å². The second-order valence-electron chi connectivity index (χ2n) is 3.74. The van der Waals surface area contributed by atoms with E-state index in [2.05, 4.69) is 12.6 Å². The van der Waals surface area contributed by atoms with Gasteiger partial charge >= 0.3 is 0 Å². The van der Waals surface area contributed by atoms with Gasteiger partial charge in [0.05, 0.1) is 6.04 Å². The third kappa shape index (κ3) is 2.40. The summed E-state index contributed by atoms with van der Waals surface area (Å²) in [6.45, 7) is 2.42. The molecule has 0 saturated carbocycles. The van der Waals surface area contributed by atoms with Gasteiger partial charge in [-0.25, -0.2) is 0 Å². The van der Waals surface area contributed by atoms with Crippen molar-refractivity contribution < 1.29 is 15.0 Å². The van der Waals surface area contributed by atoms with E-state index in [-0.39, 0.29) is 11.8 Å². The molecule has 0 aromatic rings. The molecule has 0 radical (unpaired) electrons. The van der Waals surface area contributed by atoms with Crippen LogP contribution in [0, 0.1) is 5.92 Å². The molecule has 5 heteroatoms. The average Bonchev–Trinajstić information content (AvgIpc) is 2.63. The van der Waals surface area contributed by atoms with Crippen LogP contribution in [0.1, 0.15) is 19.8 Å². The molecule has 82 valence electrons. The number of likely N-dealkylation sites (tertiary alicyclic amines) is 1. The fourth-order valence-electron chi connectivity index (χ4n) is 1.74. The van der Waals surface area contributed by atoms with Crippen molar-refractivity contribution in [2.24, 2.45) is 5.92 Å². The number of hydrogen-bond donors (Lipinski definition) is 3. The first-order valence-corrected chi connectivity index (χ1v) is 5.48. The predicted octanol–water partition coefficient (Wildman–Crippen LogP) is -0.146. The number of nitrogens with zero attached hydrogens (tertiary/aromatic N) is 1. The Labute approximate surface area is 89.3 Å². The summed E-state index contributed by atoms with van der Waals surface area (Å²) < 4.78 is 0. The van der Waals surface area contributed by atoms with Crippen molar-refractivity contribution in [2.75, 3.05) is 12.3 Å². The highest BCUT2D eigenvalue weighted by Gasteiger charge is 2.34. The molecule has 1 fully saturated rings. The zero-order valence-electron chi connectivity index (χ0n) is 8.26. The summed E-state index contributed by atoms with van der Waals surface area (Å²) in [4.78, 5) is 13.3. The Morgan fingerprint density at radius 3 is 2.79 bits per heavy atom. The number of hydrogen-bond acceptors (Lipinski definition) is 4. The molecule has 0 spiro atoms. The largest absolute Gasteiger partial charge is 0.366 e. The molecule has 1 aliphatic rings. The van der Waals surface area contributed by atoms with Crippen molar-refractivity contribution in [2.45, 2.75) is 32.1 Å². The van der Waals surface area contributed by atoms with Crippen LogP contribution in [0.5, 0.6) is 0 Å². The molecule has 1 saturated heterocycles. The van der Waals surface area contributed by atoms with Crippen LogP contribution >= 0.6 is 12.6 Å². The second kappa shape index (κ2) is 5.00. The summed E-state index contributed by atoms with van der Waals surface area (Å²) in [6.07, 6.45) is 0.0873. The van der Waals surface area contributed by atoms with Gasteiger partial charge in [-0.3, -0.25) is 4.79 Å². The molecule has 4 nitrogen and oxygen atoms in total.